The van der Waals surface area contributed by atoms with E-state index in [4.69, 9.17) is 0 Å². The van der Waals surface area contributed by atoms with Gasteiger partial charge in [0.15, 0.2) is 0 Å². The summed E-state index contributed by atoms with van der Waals surface area (Å²) in [4.78, 5) is 0. The van der Waals surface area contributed by atoms with E-state index in [9.17, 15) is 0 Å². The van der Waals surface area contributed by atoms with E-state index in [0.29, 0.717) is 29.6 Å². The molecule has 0 N–H and O–H groups in total. The van der Waals surface area contributed by atoms with Gasteiger partial charge in [-0.1, -0.05) is 113 Å². The first-order chi connectivity index (χ1) is 14.9. The molecule has 162 valence electrons. The molecule has 4 unspecified atom stereocenters. The summed E-state index contributed by atoms with van der Waals surface area (Å²) in [5, 5.41) is 0. The lowest BCUT2D eigenvalue weighted by atomic mass is 9.62. The molecule has 0 saturated heterocycles. The van der Waals surface area contributed by atoms with Crippen LogP contribution in [-0.4, -0.2) is 0 Å². The predicted molar refractivity (Wildman–Crippen MR) is 135 cm³/mol. The second-order valence-electron chi connectivity index (χ2n) is 10.1. The monoisotopic (exact) mass is 410 g/mol. The van der Waals surface area contributed by atoms with E-state index in [0.717, 1.165) is 25.7 Å². The molecule has 0 heteroatoms. The molecule has 0 heterocycles. The molecule has 0 spiro atoms. The van der Waals surface area contributed by atoms with Gasteiger partial charge in [-0.2, -0.15) is 0 Å². The van der Waals surface area contributed by atoms with E-state index in [1.54, 1.807) is 5.57 Å². The van der Waals surface area contributed by atoms with Gasteiger partial charge in [0.2, 0.25) is 0 Å². The molecule has 0 bridgehead atoms. The van der Waals surface area contributed by atoms with Gasteiger partial charge >= 0.3 is 0 Å². The SMILES string of the molecule is C=C1C(=CC2=CC=CC2)CC2=CC(C)C(C(=C)CCC)C(c3ccc(C(C)C)cc3)C12. The van der Waals surface area contributed by atoms with Crippen LogP contribution < -0.4 is 0 Å². The summed E-state index contributed by atoms with van der Waals surface area (Å²) in [6, 6.07) is 9.46. The highest BCUT2D eigenvalue weighted by atomic mass is 14.5. The third-order valence-electron chi connectivity index (χ3n) is 7.56. The van der Waals surface area contributed by atoms with Crippen molar-refractivity contribution in [3.8, 4) is 0 Å². The van der Waals surface area contributed by atoms with Crippen LogP contribution in [0.3, 0.4) is 0 Å². The molecule has 4 atom stereocenters. The minimum Gasteiger partial charge on any atom is -0.0995 e. The van der Waals surface area contributed by atoms with Crippen molar-refractivity contribution < 1.29 is 0 Å². The number of hydrogen-bond acceptors (Lipinski definition) is 0. The molecule has 0 nitrogen and oxygen atoms in total. The highest BCUT2D eigenvalue weighted by molar-refractivity contribution is 5.54. The Morgan fingerprint density at radius 3 is 2.55 bits per heavy atom. The maximum Gasteiger partial charge on any atom is 0.0123 e. The van der Waals surface area contributed by atoms with Gasteiger partial charge in [0.25, 0.3) is 0 Å². The lowest BCUT2D eigenvalue weighted by Gasteiger charge is -2.41. The first-order valence-electron chi connectivity index (χ1n) is 12.1. The summed E-state index contributed by atoms with van der Waals surface area (Å²) < 4.78 is 0. The second-order valence-corrected chi connectivity index (χ2v) is 10.1. The summed E-state index contributed by atoms with van der Waals surface area (Å²) in [6.45, 7) is 18.5. The zero-order valence-corrected chi connectivity index (χ0v) is 19.8. The maximum atomic E-state index is 4.66. The van der Waals surface area contributed by atoms with Crippen molar-refractivity contribution in [2.45, 2.75) is 65.2 Å². The number of allylic oxidation sites excluding steroid dienone is 10. The van der Waals surface area contributed by atoms with Crippen LogP contribution in [0.4, 0.5) is 0 Å². The van der Waals surface area contributed by atoms with Crippen LogP contribution in [0.25, 0.3) is 0 Å². The fraction of sp³-hybridized carbons (Fsp3) is 0.419. The Kier molecular flexibility index (Phi) is 6.37. The van der Waals surface area contributed by atoms with Gasteiger partial charge in [-0.15, -0.1) is 0 Å². The molecule has 1 aromatic carbocycles. The summed E-state index contributed by atoms with van der Waals surface area (Å²) in [7, 11) is 0. The van der Waals surface area contributed by atoms with Crippen LogP contribution in [0.15, 0.2) is 95.7 Å². The molecule has 1 aromatic rings. The third kappa shape index (κ3) is 4.22. The van der Waals surface area contributed by atoms with Gasteiger partial charge in [0, 0.05) is 11.8 Å². The number of rotatable bonds is 6. The summed E-state index contributed by atoms with van der Waals surface area (Å²) in [6.07, 6.45) is 16.0. The van der Waals surface area contributed by atoms with Crippen molar-refractivity contribution in [2.24, 2.45) is 17.8 Å². The fourth-order valence-electron chi connectivity index (χ4n) is 6.01. The highest BCUT2D eigenvalue weighted by Gasteiger charge is 2.45. The number of hydrogen-bond donors (Lipinski definition) is 0. The predicted octanol–water partition coefficient (Wildman–Crippen LogP) is 8.83. The van der Waals surface area contributed by atoms with Crippen molar-refractivity contribution in [2.75, 3.05) is 0 Å². The highest BCUT2D eigenvalue weighted by Crippen LogP contribution is 2.56. The van der Waals surface area contributed by atoms with Crippen molar-refractivity contribution in [1.29, 1.82) is 0 Å². The normalized spacial score (nSPS) is 28.8. The van der Waals surface area contributed by atoms with Gasteiger partial charge in [0.05, 0.1) is 0 Å². The summed E-state index contributed by atoms with van der Waals surface area (Å²) >= 11 is 0. The number of fused-ring (bicyclic) bond motifs is 1. The first-order valence-corrected chi connectivity index (χ1v) is 12.1. The zero-order chi connectivity index (χ0) is 22.1. The average Bonchev–Trinajstić information content (AvgIpc) is 3.35. The molecule has 0 aliphatic heterocycles. The Hall–Kier alpha value is -2.34. The van der Waals surface area contributed by atoms with Gasteiger partial charge in [-0.25, -0.2) is 0 Å². The molecule has 1 fully saturated rings. The van der Waals surface area contributed by atoms with Crippen LogP contribution in [0.1, 0.15) is 76.3 Å². The molecule has 0 aromatic heterocycles. The molecular formula is C31H38. The van der Waals surface area contributed by atoms with Crippen molar-refractivity contribution >= 4 is 0 Å². The minimum absolute atomic E-state index is 0.404. The summed E-state index contributed by atoms with van der Waals surface area (Å²) in [5.74, 6) is 2.39. The Bertz CT molecular complexity index is 973. The molecule has 3 aliphatic carbocycles. The smallest absolute Gasteiger partial charge is 0.0123 e. The van der Waals surface area contributed by atoms with E-state index < -0.39 is 0 Å². The quantitative estimate of drug-likeness (QED) is 0.411. The minimum atomic E-state index is 0.404. The first kappa shape index (κ1) is 21.9. The Balaban J connectivity index is 1.76. The van der Waals surface area contributed by atoms with Gasteiger partial charge in [-0.3, -0.25) is 0 Å². The fourth-order valence-corrected chi connectivity index (χ4v) is 6.01. The molecule has 1 saturated carbocycles. The Morgan fingerprint density at radius 2 is 1.94 bits per heavy atom. The zero-order valence-electron chi connectivity index (χ0n) is 19.8. The molecule has 0 radical (unpaired) electrons. The molecular weight excluding hydrogens is 372 g/mol. The van der Waals surface area contributed by atoms with Crippen LogP contribution in [-0.2, 0) is 0 Å². The summed E-state index contributed by atoms with van der Waals surface area (Å²) in [5.41, 5.74) is 10.0. The van der Waals surface area contributed by atoms with Crippen molar-refractivity contribution in [3.05, 3.63) is 107 Å². The standard InChI is InChI=1S/C31H38/c1-7-10-21(4)29-22(5)17-28-19-27(18-24-11-8-9-12-24)23(6)30(28)31(29)26-15-13-25(14-16-26)20(2)3/h8-9,11,13-18,20,22,29-31H,4,6-7,10,12,19H2,1-3,5H3. The average molecular weight is 411 g/mol. The van der Waals surface area contributed by atoms with E-state index in [2.05, 4.69) is 95.5 Å². The molecule has 31 heavy (non-hydrogen) atoms. The second kappa shape index (κ2) is 9.03. The van der Waals surface area contributed by atoms with Crippen molar-refractivity contribution in [1.82, 2.24) is 0 Å². The topological polar surface area (TPSA) is 0 Å². The van der Waals surface area contributed by atoms with Crippen LogP contribution >= 0.6 is 0 Å². The molecule has 4 rings (SSSR count). The van der Waals surface area contributed by atoms with Crippen molar-refractivity contribution in [3.63, 3.8) is 0 Å². The largest absolute Gasteiger partial charge is 0.0995 e. The number of benzene rings is 1. The lowest BCUT2D eigenvalue weighted by molar-refractivity contribution is 0.322. The third-order valence-corrected chi connectivity index (χ3v) is 7.56. The van der Waals surface area contributed by atoms with E-state index in [1.807, 2.05) is 0 Å². The lowest BCUT2D eigenvalue weighted by Crippen LogP contribution is -2.31. The van der Waals surface area contributed by atoms with Crippen LogP contribution in [0, 0.1) is 17.8 Å². The molecule has 3 aliphatic rings. The van der Waals surface area contributed by atoms with E-state index >= 15 is 0 Å². The maximum absolute atomic E-state index is 4.66. The Morgan fingerprint density at radius 1 is 1.19 bits per heavy atom. The van der Waals surface area contributed by atoms with Gasteiger partial charge < -0.3 is 0 Å². The van der Waals surface area contributed by atoms with Gasteiger partial charge in [0.1, 0.15) is 0 Å². The Labute approximate surface area is 189 Å². The van der Waals surface area contributed by atoms with Gasteiger partial charge in [-0.05, 0) is 64.9 Å². The van der Waals surface area contributed by atoms with E-state index in [-0.39, 0.29) is 0 Å². The van der Waals surface area contributed by atoms with Crippen LogP contribution in [0.5, 0.6) is 0 Å². The van der Waals surface area contributed by atoms with Crippen LogP contribution in [0.2, 0.25) is 0 Å². The van der Waals surface area contributed by atoms with E-state index in [1.165, 1.54) is 33.4 Å². The molecule has 0 amide bonds.